The molecule has 1 aromatic heterocycles. The van der Waals surface area contributed by atoms with Crippen LogP contribution in [0, 0.1) is 5.82 Å². The Morgan fingerprint density at radius 1 is 1.39 bits per heavy atom. The molecule has 0 aliphatic carbocycles. The quantitative estimate of drug-likeness (QED) is 0.825. The Balaban J connectivity index is 1.71. The largest absolute Gasteiger partial charge is 0.491 e. The van der Waals surface area contributed by atoms with Crippen molar-refractivity contribution >= 4 is 23.1 Å². The number of benzene rings is 1. The number of halogens is 1. The van der Waals surface area contributed by atoms with Crippen LogP contribution in [0.4, 0.5) is 4.39 Å². The lowest BCUT2D eigenvalue weighted by Crippen LogP contribution is -2.20. The summed E-state index contributed by atoms with van der Waals surface area (Å²) in [5.41, 5.74) is 1.64. The van der Waals surface area contributed by atoms with Crippen LogP contribution in [0.1, 0.15) is 0 Å². The van der Waals surface area contributed by atoms with Crippen LogP contribution in [0.25, 0.3) is 0 Å². The zero-order valence-electron chi connectivity index (χ0n) is 9.32. The van der Waals surface area contributed by atoms with Crippen molar-refractivity contribution in [2.75, 3.05) is 12.4 Å². The number of nitrogens with zero attached hydrogens (tertiary/aromatic N) is 2. The maximum absolute atomic E-state index is 12.6. The second-order valence-corrected chi connectivity index (χ2v) is 5.53. The van der Waals surface area contributed by atoms with Crippen LogP contribution in [0.3, 0.4) is 0 Å². The highest BCUT2D eigenvalue weighted by molar-refractivity contribution is 8.01. The molecule has 1 N–H and O–H groups in total. The van der Waals surface area contributed by atoms with E-state index in [1.54, 1.807) is 5.51 Å². The summed E-state index contributed by atoms with van der Waals surface area (Å²) in [5, 5.41) is 17.3. The third-order valence-electron chi connectivity index (χ3n) is 2.00. The van der Waals surface area contributed by atoms with Gasteiger partial charge in [0.2, 0.25) is 0 Å². The first kappa shape index (κ1) is 13.3. The van der Waals surface area contributed by atoms with Crippen LogP contribution in [0.15, 0.2) is 34.1 Å². The van der Waals surface area contributed by atoms with E-state index in [-0.39, 0.29) is 12.4 Å². The van der Waals surface area contributed by atoms with E-state index in [0.717, 1.165) is 4.34 Å². The predicted molar refractivity (Wildman–Crippen MR) is 68.5 cm³/mol. The van der Waals surface area contributed by atoms with Gasteiger partial charge in [0.1, 0.15) is 23.7 Å². The Kier molecular flexibility index (Phi) is 4.91. The summed E-state index contributed by atoms with van der Waals surface area (Å²) in [6, 6.07) is 5.69. The minimum atomic E-state index is -0.607. The van der Waals surface area contributed by atoms with Crippen molar-refractivity contribution in [1.82, 2.24) is 10.2 Å². The number of rotatable bonds is 6. The lowest BCUT2D eigenvalue weighted by Gasteiger charge is -2.11. The van der Waals surface area contributed by atoms with Gasteiger partial charge >= 0.3 is 0 Å². The lowest BCUT2D eigenvalue weighted by atomic mass is 10.3. The number of hydrogen-bond donors (Lipinski definition) is 1. The summed E-state index contributed by atoms with van der Waals surface area (Å²) >= 11 is 2.86. The normalized spacial score (nSPS) is 12.3. The smallest absolute Gasteiger partial charge is 0.174 e. The van der Waals surface area contributed by atoms with Crippen LogP contribution < -0.4 is 4.74 Å². The molecular formula is C11H11FN2O2S2. The van der Waals surface area contributed by atoms with Gasteiger partial charge in [-0.2, -0.15) is 0 Å². The van der Waals surface area contributed by atoms with E-state index >= 15 is 0 Å². The molecule has 2 aromatic rings. The number of aliphatic hydroxyl groups is 1. The second kappa shape index (κ2) is 6.67. The molecule has 1 heterocycles. The van der Waals surface area contributed by atoms with Crippen molar-refractivity contribution in [1.29, 1.82) is 0 Å². The molecule has 96 valence electrons. The molecular weight excluding hydrogens is 275 g/mol. The first-order valence-corrected chi connectivity index (χ1v) is 7.06. The van der Waals surface area contributed by atoms with E-state index in [0.29, 0.717) is 11.5 Å². The number of hydrogen-bond acceptors (Lipinski definition) is 6. The van der Waals surface area contributed by atoms with Crippen molar-refractivity contribution in [2.24, 2.45) is 0 Å². The van der Waals surface area contributed by atoms with Crippen molar-refractivity contribution in [3.8, 4) is 5.75 Å². The molecule has 0 amide bonds. The number of aliphatic hydroxyl groups excluding tert-OH is 1. The molecule has 0 saturated heterocycles. The molecule has 0 spiro atoms. The Morgan fingerprint density at radius 3 is 2.83 bits per heavy atom. The van der Waals surface area contributed by atoms with Gasteiger partial charge in [0, 0.05) is 5.75 Å². The molecule has 4 nitrogen and oxygen atoms in total. The van der Waals surface area contributed by atoms with Crippen LogP contribution in [-0.4, -0.2) is 33.8 Å². The van der Waals surface area contributed by atoms with Crippen LogP contribution in [-0.2, 0) is 0 Å². The molecule has 1 atom stereocenters. The SMILES string of the molecule is O[C@@H](COc1ccc(F)cc1)CSc1nncs1. The van der Waals surface area contributed by atoms with Crippen LogP contribution in [0.5, 0.6) is 5.75 Å². The highest BCUT2D eigenvalue weighted by Crippen LogP contribution is 2.20. The summed E-state index contributed by atoms with van der Waals surface area (Å²) in [4.78, 5) is 0. The fourth-order valence-electron chi connectivity index (χ4n) is 1.16. The second-order valence-electron chi connectivity index (χ2n) is 3.43. The van der Waals surface area contributed by atoms with Gasteiger partial charge in [-0.3, -0.25) is 0 Å². The third kappa shape index (κ3) is 4.25. The van der Waals surface area contributed by atoms with E-state index in [9.17, 15) is 9.50 Å². The molecule has 2 rings (SSSR count). The summed E-state index contributed by atoms with van der Waals surface area (Å²) in [6.07, 6.45) is -0.607. The molecule has 0 aliphatic rings. The maximum atomic E-state index is 12.6. The molecule has 0 bridgehead atoms. The summed E-state index contributed by atoms with van der Waals surface area (Å²) in [7, 11) is 0. The molecule has 0 fully saturated rings. The zero-order valence-corrected chi connectivity index (χ0v) is 11.0. The van der Waals surface area contributed by atoms with E-state index in [1.807, 2.05) is 0 Å². The first-order valence-electron chi connectivity index (χ1n) is 5.19. The molecule has 0 saturated carbocycles. The standard InChI is InChI=1S/C11H11FN2O2S2/c12-8-1-3-10(4-2-8)16-5-9(15)6-17-11-14-13-7-18-11/h1-4,7,9,15H,5-6H2/t9-/m0/s1. The molecule has 1 aromatic carbocycles. The third-order valence-corrected chi connectivity index (χ3v) is 4.00. The lowest BCUT2D eigenvalue weighted by molar-refractivity contribution is 0.126. The van der Waals surface area contributed by atoms with Gasteiger partial charge in [0.15, 0.2) is 4.34 Å². The van der Waals surface area contributed by atoms with E-state index < -0.39 is 6.10 Å². The van der Waals surface area contributed by atoms with E-state index in [1.165, 1.54) is 47.4 Å². The summed E-state index contributed by atoms with van der Waals surface area (Å²) < 4.78 is 18.8. The molecule has 7 heteroatoms. The first-order chi connectivity index (χ1) is 8.74. The van der Waals surface area contributed by atoms with Crippen molar-refractivity contribution < 1.29 is 14.2 Å². The van der Waals surface area contributed by atoms with Crippen molar-refractivity contribution in [3.63, 3.8) is 0 Å². The average Bonchev–Trinajstić information content (AvgIpc) is 2.89. The molecule has 0 aliphatic heterocycles. The van der Waals surface area contributed by atoms with Crippen molar-refractivity contribution in [2.45, 2.75) is 10.4 Å². The Hall–Kier alpha value is -1.18. The number of aromatic nitrogens is 2. The monoisotopic (exact) mass is 286 g/mol. The van der Waals surface area contributed by atoms with Gasteiger partial charge in [-0.15, -0.1) is 10.2 Å². The summed E-state index contributed by atoms with van der Waals surface area (Å²) in [6.45, 7) is 0.164. The van der Waals surface area contributed by atoms with Gasteiger partial charge < -0.3 is 9.84 Å². The van der Waals surface area contributed by atoms with Crippen molar-refractivity contribution in [3.05, 3.63) is 35.6 Å². The average molecular weight is 286 g/mol. The Bertz CT molecular complexity index is 464. The van der Waals surface area contributed by atoms with Crippen LogP contribution >= 0.6 is 23.1 Å². The fraction of sp³-hybridized carbons (Fsp3) is 0.273. The highest BCUT2D eigenvalue weighted by Gasteiger charge is 2.08. The Labute approximate surface area is 112 Å². The van der Waals surface area contributed by atoms with Crippen LogP contribution in [0.2, 0.25) is 0 Å². The summed E-state index contributed by atoms with van der Waals surface area (Å²) in [5.74, 6) is 0.710. The molecule has 18 heavy (non-hydrogen) atoms. The molecule has 0 unspecified atom stereocenters. The fourth-order valence-corrected chi connectivity index (χ4v) is 2.58. The highest BCUT2D eigenvalue weighted by atomic mass is 32.2. The van der Waals surface area contributed by atoms with Gasteiger partial charge in [-0.1, -0.05) is 23.1 Å². The zero-order chi connectivity index (χ0) is 12.8. The minimum Gasteiger partial charge on any atom is -0.491 e. The number of thioether (sulfide) groups is 1. The number of ether oxygens (including phenoxy) is 1. The van der Waals surface area contributed by atoms with E-state index in [4.69, 9.17) is 4.74 Å². The minimum absolute atomic E-state index is 0.164. The molecule has 0 radical (unpaired) electrons. The predicted octanol–water partition coefficient (Wildman–Crippen LogP) is 2.21. The van der Waals surface area contributed by atoms with E-state index in [2.05, 4.69) is 10.2 Å². The Morgan fingerprint density at radius 2 is 2.17 bits per heavy atom. The topological polar surface area (TPSA) is 55.2 Å². The van der Waals surface area contributed by atoms with Gasteiger partial charge in [-0.25, -0.2) is 4.39 Å². The van der Waals surface area contributed by atoms with Gasteiger partial charge in [-0.05, 0) is 24.3 Å². The van der Waals surface area contributed by atoms with Gasteiger partial charge in [0.05, 0.1) is 6.10 Å². The maximum Gasteiger partial charge on any atom is 0.174 e. The van der Waals surface area contributed by atoms with Gasteiger partial charge in [0.25, 0.3) is 0 Å².